The number of nitriles is 1. The van der Waals surface area contributed by atoms with Gasteiger partial charge in [0.15, 0.2) is 6.61 Å². The number of carbonyl (C=O) groups is 2. The summed E-state index contributed by atoms with van der Waals surface area (Å²) in [6.45, 7) is 1.04. The van der Waals surface area contributed by atoms with Gasteiger partial charge in [0.1, 0.15) is 22.6 Å². The Morgan fingerprint density at radius 1 is 1.24 bits per heavy atom. The van der Waals surface area contributed by atoms with E-state index in [1.54, 1.807) is 25.1 Å². The minimum atomic E-state index is -1.26. The van der Waals surface area contributed by atoms with E-state index < -0.39 is 35.7 Å². The van der Waals surface area contributed by atoms with Crippen LogP contribution in [0.15, 0.2) is 41.3 Å². The largest absolute Gasteiger partial charge is 0.452 e. The van der Waals surface area contributed by atoms with E-state index in [2.05, 4.69) is 10.1 Å². The zero-order valence-electron chi connectivity index (χ0n) is 13.0. The third kappa shape index (κ3) is 4.78. The van der Waals surface area contributed by atoms with Crippen molar-refractivity contribution in [3.05, 3.63) is 59.2 Å². The first-order valence-corrected chi connectivity index (χ1v) is 7.81. The number of hydrogen-bond acceptors (Lipinski definition) is 5. The predicted octanol–water partition coefficient (Wildman–Crippen LogP) is 3.64. The van der Waals surface area contributed by atoms with E-state index >= 15 is 0 Å². The summed E-state index contributed by atoms with van der Waals surface area (Å²) in [5.41, 5.74) is 0.338. The SMILES string of the molecule is Cc1cc(SC#N)ccc1NC(=O)COC(=O)c1c(F)cccc1F. The van der Waals surface area contributed by atoms with Gasteiger partial charge in [0.2, 0.25) is 0 Å². The van der Waals surface area contributed by atoms with E-state index in [4.69, 9.17) is 5.26 Å². The molecule has 0 saturated carbocycles. The molecule has 0 unspecified atom stereocenters. The lowest BCUT2D eigenvalue weighted by molar-refractivity contribution is -0.119. The number of ether oxygens (including phenoxy) is 1. The lowest BCUT2D eigenvalue weighted by atomic mass is 10.2. The van der Waals surface area contributed by atoms with Crippen LogP contribution < -0.4 is 5.32 Å². The second-order valence-corrected chi connectivity index (χ2v) is 5.75. The highest BCUT2D eigenvalue weighted by molar-refractivity contribution is 8.03. The maximum absolute atomic E-state index is 13.5. The van der Waals surface area contributed by atoms with E-state index in [1.807, 2.05) is 5.40 Å². The first kappa shape index (κ1) is 18.4. The molecule has 1 amide bonds. The van der Waals surface area contributed by atoms with Crippen molar-refractivity contribution in [2.45, 2.75) is 11.8 Å². The van der Waals surface area contributed by atoms with Gasteiger partial charge >= 0.3 is 5.97 Å². The summed E-state index contributed by atoms with van der Waals surface area (Å²) in [5.74, 6) is -4.05. The number of thioether (sulfide) groups is 1. The van der Waals surface area contributed by atoms with Crippen molar-refractivity contribution in [3.8, 4) is 5.40 Å². The highest BCUT2D eigenvalue weighted by Gasteiger charge is 2.19. The summed E-state index contributed by atoms with van der Waals surface area (Å²) in [7, 11) is 0. The number of benzene rings is 2. The van der Waals surface area contributed by atoms with Crippen LogP contribution in [0, 0.1) is 29.2 Å². The Kier molecular flexibility index (Phi) is 6.08. The molecule has 25 heavy (non-hydrogen) atoms. The van der Waals surface area contributed by atoms with Crippen LogP contribution in [-0.4, -0.2) is 18.5 Å². The molecular weight excluding hydrogens is 350 g/mol. The molecule has 0 radical (unpaired) electrons. The van der Waals surface area contributed by atoms with Crippen molar-refractivity contribution in [3.63, 3.8) is 0 Å². The molecule has 0 bridgehead atoms. The minimum Gasteiger partial charge on any atom is -0.452 e. The summed E-state index contributed by atoms with van der Waals surface area (Å²) in [6.07, 6.45) is 0. The number of thiocyanates is 1. The quantitative estimate of drug-likeness (QED) is 0.499. The zero-order valence-corrected chi connectivity index (χ0v) is 13.8. The van der Waals surface area contributed by atoms with E-state index in [0.29, 0.717) is 11.3 Å². The number of halogens is 2. The van der Waals surface area contributed by atoms with Gasteiger partial charge < -0.3 is 10.1 Å². The molecule has 2 aromatic rings. The van der Waals surface area contributed by atoms with Crippen molar-refractivity contribution in [1.82, 2.24) is 0 Å². The Hall–Kier alpha value is -2.92. The Balaban J connectivity index is 1.97. The minimum absolute atomic E-state index is 0.473. The number of hydrogen-bond donors (Lipinski definition) is 1. The van der Waals surface area contributed by atoms with Gasteiger partial charge in [-0.2, -0.15) is 5.26 Å². The molecule has 2 aromatic carbocycles. The number of amides is 1. The molecular formula is C17H12F2N2O3S. The van der Waals surface area contributed by atoms with Gasteiger partial charge in [-0.05, 0) is 54.6 Å². The van der Waals surface area contributed by atoms with Gasteiger partial charge in [0.25, 0.3) is 5.91 Å². The van der Waals surface area contributed by atoms with Crippen molar-refractivity contribution in [1.29, 1.82) is 5.26 Å². The molecule has 0 saturated heterocycles. The molecule has 0 atom stereocenters. The topological polar surface area (TPSA) is 79.2 Å². The van der Waals surface area contributed by atoms with Crippen LogP contribution in [0.1, 0.15) is 15.9 Å². The molecule has 0 aliphatic rings. The first-order valence-electron chi connectivity index (χ1n) is 7.00. The lowest BCUT2D eigenvalue weighted by Gasteiger charge is -2.10. The van der Waals surface area contributed by atoms with E-state index in [9.17, 15) is 18.4 Å². The van der Waals surface area contributed by atoms with E-state index in [0.717, 1.165) is 34.9 Å². The number of anilines is 1. The van der Waals surface area contributed by atoms with Crippen LogP contribution in [0.2, 0.25) is 0 Å². The van der Waals surface area contributed by atoms with Crippen LogP contribution >= 0.6 is 11.8 Å². The molecule has 0 spiro atoms. The first-order chi connectivity index (χ1) is 11.9. The van der Waals surface area contributed by atoms with Crippen molar-refractivity contribution in [2.24, 2.45) is 0 Å². The Morgan fingerprint density at radius 3 is 2.52 bits per heavy atom. The van der Waals surface area contributed by atoms with Gasteiger partial charge in [0.05, 0.1) is 0 Å². The number of rotatable bonds is 5. The second kappa shape index (κ2) is 8.26. The fourth-order valence-corrected chi connectivity index (χ4v) is 2.45. The number of nitrogens with zero attached hydrogens (tertiary/aromatic N) is 1. The van der Waals surface area contributed by atoms with E-state index in [-0.39, 0.29) is 0 Å². The molecule has 0 fully saturated rings. The number of carbonyl (C=O) groups excluding carboxylic acids is 2. The summed E-state index contributed by atoms with van der Waals surface area (Å²) in [4.78, 5) is 24.3. The summed E-state index contributed by atoms with van der Waals surface area (Å²) >= 11 is 0.984. The van der Waals surface area contributed by atoms with Crippen LogP contribution in [0.5, 0.6) is 0 Å². The van der Waals surface area contributed by atoms with Gasteiger partial charge in [-0.15, -0.1) is 0 Å². The smallest absolute Gasteiger partial charge is 0.344 e. The van der Waals surface area contributed by atoms with Crippen LogP contribution in [0.3, 0.4) is 0 Å². The van der Waals surface area contributed by atoms with Crippen LogP contribution in [-0.2, 0) is 9.53 Å². The van der Waals surface area contributed by atoms with E-state index in [1.165, 1.54) is 0 Å². The summed E-state index contributed by atoms with van der Waals surface area (Å²) in [5, 5.41) is 13.1. The molecule has 0 aliphatic carbocycles. The van der Waals surface area contributed by atoms with Gasteiger partial charge in [-0.25, -0.2) is 13.6 Å². The van der Waals surface area contributed by atoms with Gasteiger partial charge in [0, 0.05) is 10.6 Å². The molecule has 8 heteroatoms. The Bertz CT molecular complexity index is 845. The molecule has 1 N–H and O–H groups in total. The average Bonchev–Trinajstić information content (AvgIpc) is 2.55. The number of esters is 1. The average molecular weight is 362 g/mol. The summed E-state index contributed by atoms with van der Waals surface area (Å²) < 4.78 is 31.6. The third-order valence-corrected chi connectivity index (χ3v) is 3.72. The Morgan fingerprint density at radius 2 is 1.92 bits per heavy atom. The van der Waals surface area contributed by atoms with Crippen LogP contribution in [0.4, 0.5) is 14.5 Å². The molecule has 0 heterocycles. The van der Waals surface area contributed by atoms with Gasteiger partial charge in [-0.1, -0.05) is 6.07 Å². The third-order valence-electron chi connectivity index (χ3n) is 3.14. The molecule has 0 aliphatic heterocycles. The fourth-order valence-electron chi connectivity index (χ4n) is 1.97. The summed E-state index contributed by atoms with van der Waals surface area (Å²) in [6, 6.07) is 7.92. The normalized spacial score (nSPS) is 10.0. The number of nitrogens with one attached hydrogen (secondary N) is 1. The highest BCUT2D eigenvalue weighted by Crippen LogP contribution is 2.23. The zero-order chi connectivity index (χ0) is 18.4. The molecule has 0 aromatic heterocycles. The maximum Gasteiger partial charge on any atom is 0.344 e. The van der Waals surface area contributed by atoms with Crippen molar-refractivity contribution in [2.75, 3.05) is 11.9 Å². The lowest BCUT2D eigenvalue weighted by Crippen LogP contribution is -2.22. The van der Waals surface area contributed by atoms with Crippen molar-refractivity contribution < 1.29 is 23.1 Å². The molecule has 2 rings (SSSR count). The maximum atomic E-state index is 13.5. The Labute approximate surface area is 146 Å². The molecule has 128 valence electrons. The predicted molar refractivity (Wildman–Crippen MR) is 87.9 cm³/mol. The number of aryl methyl sites for hydroxylation is 1. The molecule has 5 nitrogen and oxygen atoms in total. The highest BCUT2D eigenvalue weighted by atomic mass is 32.2. The monoisotopic (exact) mass is 362 g/mol. The van der Waals surface area contributed by atoms with Crippen molar-refractivity contribution >= 4 is 29.3 Å². The second-order valence-electron chi connectivity index (χ2n) is 4.89. The van der Waals surface area contributed by atoms with Crippen LogP contribution in [0.25, 0.3) is 0 Å². The van der Waals surface area contributed by atoms with Gasteiger partial charge in [-0.3, -0.25) is 4.79 Å². The standard InChI is InChI=1S/C17H12F2N2O3S/c1-10-7-11(25-9-20)5-6-14(10)21-15(22)8-24-17(23)16-12(18)3-2-4-13(16)19/h2-7H,8H2,1H3,(H,21,22). The fraction of sp³-hybridized carbons (Fsp3) is 0.118.